The van der Waals surface area contributed by atoms with Gasteiger partial charge in [0.15, 0.2) is 0 Å². The Bertz CT molecular complexity index is 131. The predicted octanol–water partition coefficient (Wildman–Crippen LogP) is 2.29. The van der Waals surface area contributed by atoms with E-state index in [0.29, 0.717) is 0 Å². The van der Waals surface area contributed by atoms with E-state index in [0.717, 1.165) is 18.5 Å². The number of hydrogen-bond donors (Lipinski definition) is 0. The lowest BCUT2D eigenvalue weighted by Gasteiger charge is -2.35. The van der Waals surface area contributed by atoms with Gasteiger partial charge in [0.25, 0.3) is 0 Å². The zero-order chi connectivity index (χ0) is 8.27. The SMILES string of the molecule is C=CCN1C[C@@H](C)CC[C@@H]1C. The van der Waals surface area contributed by atoms with Crippen LogP contribution in [-0.2, 0) is 0 Å². The first-order valence-corrected chi connectivity index (χ1v) is 4.59. The molecule has 11 heavy (non-hydrogen) atoms. The molecule has 1 nitrogen and oxygen atoms in total. The first kappa shape index (κ1) is 8.79. The molecule has 0 spiro atoms. The van der Waals surface area contributed by atoms with Crippen LogP contribution in [0.15, 0.2) is 12.7 Å². The third kappa shape index (κ3) is 2.33. The van der Waals surface area contributed by atoms with E-state index < -0.39 is 0 Å². The molecule has 0 aromatic heterocycles. The molecule has 0 aromatic rings. The van der Waals surface area contributed by atoms with E-state index in [9.17, 15) is 0 Å². The van der Waals surface area contributed by atoms with Crippen LogP contribution in [0.2, 0.25) is 0 Å². The van der Waals surface area contributed by atoms with Gasteiger partial charge in [-0.1, -0.05) is 13.0 Å². The molecule has 1 aliphatic heterocycles. The van der Waals surface area contributed by atoms with Crippen molar-refractivity contribution in [3.05, 3.63) is 12.7 Å². The second-order valence-electron chi connectivity index (χ2n) is 3.77. The molecule has 2 atom stereocenters. The van der Waals surface area contributed by atoms with Gasteiger partial charge in [0.2, 0.25) is 0 Å². The first-order valence-electron chi connectivity index (χ1n) is 4.59. The molecule has 1 heterocycles. The zero-order valence-electron chi connectivity index (χ0n) is 7.71. The highest BCUT2D eigenvalue weighted by Gasteiger charge is 2.20. The number of hydrogen-bond acceptors (Lipinski definition) is 1. The Morgan fingerprint density at radius 1 is 1.45 bits per heavy atom. The van der Waals surface area contributed by atoms with E-state index in [1.165, 1.54) is 19.4 Å². The lowest BCUT2D eigenvalue weighted by Crippen LogP contribution is -2.40. The normalized spacial score (nSPS) is 33.6. The summed E-state index contributed by atoms with van der Waals surface area (Å²) in [6, 6.07) is 0.768. The fraction of sp³-hybridized carbons (Fsp3) is 0.800. The van der Waals surface area contributed by atoms with Crippen LogP contribution < -0.4 is 0 Å². The van der Waals surface area contributed by atoms with E-state index in [1.54, 1.807) is 0 Å². The van der Waals surface area contributed by atoms with Crippen LogP contribution in [0.1, 0.15) is 26.7 Å². The van der Waals surface area contributed by atoms with Crippen molar-refractivity contribution < 1.29 is 0 Å². The number of piperidine rings is 1. The molecule has 0 bridgehead atoms. The highest BCUT2D eigenvalue weighted by atomic mass is 15.2. The minimum Gasteiger partial charge on any atom is -0.297 e. The molecule has 0 N–H and O–H groups in total. The molecule has 1 rings (SSSR count). The fourth-order valence-electron chi connectivity index (χ4n) is 1.80. The highest BCUT2D eigenvalue weighted by Crippen LogP contribution is 2.20. The molecule has 1 aliphatic rings. The molecule has 64 valence electrons. The Morgan fingerprint density at radius 2 is 2.18 bits per heavy atom. The summed E-state index contributed by atoms with van der Waals surface area (Å²) in [5.41, 5.74) is 0. The van der Waals surface area contributed by atoms with Crippen LogP contribution in [0.3, 0.4) is 0 Å². The van der Waals surface area contributed by atoms with Crippen LogP contribution in [0, 0.1) is 5.92 Å². The molecule has 0 saturated carbocycles. The maximum absolute atomic E-state index is 3.77. The van der Waals surface area contributed by atoms with E-state index >= 15 is 0 Å². The Labute approximate surface area is 70.1 Å². The van der Waals surface area contributed by atoms with Crippen molar-refractivity contribution in [2.24, 2.45) is 5.92 Å². The summed E-state index contributed by atoms with van der Waals surface area (Å²) in [5.74, 6) is 0.881. The van der Waals surface area contributed by atoms with Crippen molar-refractivity contribution in [2.45, 2.75) is 32.7 Å². The van der Waals surface area contributed by atoms with Gasteiger partial charge in [-0.2, -0.15) is 0 Å². The third-order valence-corrected chi connectivity index (χ3v) is 2.61. The fourth-order valence-corrected chi connectivity index (χ4v) is 1.80. The topological polar surface area (TPSA) is 3.24 Å². The maximum Gasteiger partial charge on any atom is 0.0163 e. The summed E-state index contributed by atoms with van der Waals surface area (Å²) < 4.78 is 0. The first-order chi connectivity index (χ1) is 5.24. The van der Waals surface area contributed by atoms with E-state index in [4.69, 9.17) is 0 Å². The number of rotatable bonds is 2. The van der Waals surface area contributed by atoms with Crippen molar-refractivity contribution in [3.8, 4) is 0 Å². The van der Waals surface area contributed by atoms with Gasteiger partial charge in [0, 0.05) is 19.1 Å². The summed E-state index contributed by atoms with van der Waals surface area (Å²) in [4.78, 5) is 2.52. The van der Waals surface area contributed by atoms with Crippen molar-refractivity contribution in [2.75, 3.05) is 13.1 Å². The molecular weight excluding hydrogens is 134 g/mol. The Kier molecular flexibility index (Phi) is 3.13. The number of likely N-dealkylation sites (tertiary alicyclic amines) is 1. The summed E-state index contributed by atoms with van der Waals surface area (Å²) >= 11 is 0. The molecular formula is C10H19N. The molecule has 1 saturated heterocycles. The van der Waals surface area contributed by atoms with Gasteiger partial charge in [0.05, 0.1) is 0 Å². The molecule has 1 heteroatoms. The minimum atomic E-state index is 0.768. The monoisotopic (exact) mass is 153 g/mol. The predicted molar refractivity (Wildman–Crippen MR) is 49.6 cm³/mol. The van der Waals surface area contributed by atoms with Crippen LogP contribution in [-0.4, -0.2) is 24.0 Å². The van der Waals surface area contributed by atoms with Crippen molar-refractivity contribution >= 4 is 0 Å². The van der Waals surface area contributed by atoms with Crippen LogP contribution in [0.25, 0.3) is 0 Å². The van der Waals surface area contributed by atoms with E-state index in [-0.39, 0.29) is 0 Å². The third-order valence-electron chi connectivity index (χ3n) is 2.61. The average Bonchev–Trinajstić information content (AvgIpc) is 1.98. The summed E-state index contributed by atoms with van der Waals surface area (Å²) in [6.07, 6.45) is 4.76. The van der Waals surface area contributed by atoms with Gasteiger partial charge in [-0.05, 0) is 25.7 Å². The lowest BCUT2D eigenvalue weighted by molar-refractivity contribution is 0.140. The average molecular weight is 153 g/mol. The van der Waals surface area contributed by atoms with Gasteiger partial charge >= 0.3 is 0 Å². The van der Waals surface area contributed by atoms with Gasteiger partial charge in [-0.15, -0.1) is 6.58 Å². The van der Waals surface area contributed by atoms with Gasteiger partial charge in [-0.25, -0.2) is 0 Å². The van der Waals surface area contributed by atoms with Crippen molar-refractivity contribution in [3.63, 3.8) is 0 Å². The summed E-state index contributed by atoms with van der Waals surface area (Å²) in [6.45, 7) is 10.7. The van der Waals surface area contributed by atoms with Crippen molar-refractivity contribution in [1.82, 2.24) is 4.90 Å². The van der Waals surface area contributed by atoms with Gasteiger partial charge < -0.3 is 0 Å². The molecule has 0 aliphatic carbocycles. The molecule has 0 amide bonds. The van der Waals surface area contributed by atoms with E-state index in [1.807, 2.05) is 6.08 Å². The van der Waals surface area contributed by atoms with Crippen LogP contribution in [0.5, 0.6) is 0 Å². The Hall–Kier alpha value is -0.300. The minimum absolute atomic E-state index is 0.768. The number of nitrogens with zero attached hydrogens (tertiary/aromatic N) is 1. The lowest BCUT2D eigenvalue weighted by atomic mass is 9.95. The molecule has 0 unspecified atom stereocenters. The second kappa shape index (κ2) is 3.91. The highest BCUT2D eigenvalue weighted by molar-refractivity contribution is 4.82. The zero-order valence-corrected chi connectivity index (χ0v) is 7.71. The van der Waals surface area contributed by atoms with Gasteiger partial charge in [-0.3, -0.25) is 4.90 Å². The smallest absolute Gasteiger partial charge is 0.0163 e. The second-order valence-corrected chi connectivity index (χ2v) is 3.77. The standard InChI is InChI=1S/C10H19N/c1-4-7-11-8-9(2)5-6-10(11)3/h4,9-10H,1,5-8H2,2-3H3/t9-,10-/m0/s1. The quantitative estimate of drug-likeness (QED) is 0.550. The molecule has 1 fully saturated rings. The van der Waals surface area contributed by atoms with E-state index in [2.05, 4.69) is 25.3 Å². The maximum atomic E-state index is 3.77. The summed E-state index contributed by atoms with van der Waals surface area (Å²) in [7, 11) is 0. The van der Waals surface area contributed by atoms with Crippen molar-refractivity contribution in [1.29, 1.82) is 0 Å². The molecule has 0 aromatic carbocycles. The van der Waals surface area contributed by atoms with Crippen LogP contribution in [0.4, 0.5) is 0 Å². The van der Waals surface area contributed by atoms with Crippen LogP contribution >= 0.6 is 0 Å². The molecule has 0 radical (unpaired) electrons. The Balaban J connectivity index is 2.40. The largest absolute Gasteiger partial charge is 0.297 e. The Morgan fingerprint density at radius 3 is 2.82 bits per heavy atom. The summed E-state index contributed by atoms with van der Waals surface area (Å²) in [5, 5.41) is 0. The van der Waals surface area contributed by atoms with Gasteiger partial charge in [0.1, 0.15) is 0 Å².